The SMILES string of the molecule is COc1ccc(Cl)cc1NCC(=O)N1CCSc2ccccc21. The van der Waals surface area contributed by atoms with Gasteiger partial charge < -0.3 is 15.0 Å². The molecule has 23 heavy (non-hydrogen) atoms. The van der Waals surface area contributed by atoms with E-state index in [0.29, 0.717) is 16.5 Å². The standard InChI is InChI=1S/C17H17ClN2O2S/c1-22-15-7-6-12(18)10-13(15)19-11-17(21)20-8-9-23-16-5-3-2-4-14(16)20/h2-7,10,19H,8-9,11H2,1H3. The number of ether oxygens (including phenoxy) is 1. The molecule has 0 aromatic heterocycles. The number of fused-ring (bicyclic) bond motifs is 1. The molecule has 120 valence electrons. The smallest absolute Gasteiger partial charge is 0.246 e. The summed E-state index contributed by atoms with van der Waals surface area (Å²) in [5.74, 6) is 1.60. The first-order chi connectivity index (χ1) is 11.2. The number of hydrogen-bond donors (Lipinski definition) is 1. The average molecular weight is 349 g/mol. The lowest BCUT2D eigenvalue weighted by Gasteiger charge is -2.29. The van der Waals surface area contributed by atoms with Crippen molar-refractivity contribution >= 4 is 40.6 Å². The highest BCUT2D eigenvalue weighted by atomic mass is 35.5. The number of nitrogens with one attached hydrogen (secondary N) is 1. The van der Waals surface area contributed by atoms with Gasteiger partial charge in [0, 0.05) is 22.2 Å². The lowest BCUT2D eigenvalue weighted by molar-refractivity contribution is -0.117. The third kappa shape index (κ3) is 3.57. The zero-order valence-corrected chi connectivity index (χ0v) is 14.3. The molecule has 0 aliphatic carbocycles. The second-order valence-corrected chi connectivity index (χ2v) is 6.63. The van der Waals surface area contributed by atoms with Crippen LogP contribution in [0.1, 0.15) is 0 Å². The predicted molar refractivity (Wildman–Crippen MR) is 96.0 cm³/mol. The molecule has 0 atom stereocenters. The number of rotatable bonds is 4. The number of carbonyl (C=O) groups is 1. The van der Waals surface area contributed by atoms with Crippen LogP contribution in [-0.2, 0) is 4.79 Å². The Morgan fingerprint density at radius 2 is 2.17 bits per heavy atom. The fourth-order valence-corrected chi connectivity index (χ4v) is 3.68. The largest absolute Gasteiger partial charge is 0.495 e. The Bertz CT molecular complexity index is 723. The fourth-order valence-electron chi connectivity index (χ4n) is 2.51. The normalized spacial score (nSPS) is 13.4. The minimum Gasteiger partial charge on any atom is -0.495 e. The van der Waals surface area contributed by atoms with Gasteiger partial charge in [-0.05, 0) is 30.3 Å². The molecule has 1 heterocycles. The molecule has 0 spiro atoms. The van der Waals surface area contributed by atoms with Crippen LogP contribution < -0.4 is 15.0 Å². The number of halogens is 1. The van der Waals surface area contributed by atoms with Crippen LogP contribution in [0.3, 0.4) is 0 Å². The van der Waals surface area contributed by atoms with E-state index in [4.69, 9.17) is 16.3 Å². The van der Waals surface area contributed by atoms with Gasteiger partial charge in [0.05, 0.1) is 25.0 Å². The average Bonchev–Trinajstić information content (AvgIpc) is 2.59. The summed E-state index contributed by atoms with van der Waals surface area (Å²) in [6, 6.07) is 13.3. The number of para-hydroxylation sites is 1. The fraction of sp³-hybridized carbons (Fsp3) is 0.235. The Morgan fingerprint density at radius 1 is 1.35 bits per heavy atom. The molecule has 2 aromatic carbocycles. The maximum Gasteiger partial charge on any atom is 0.246 e. The maximum absolute atomic E-state index is 12.6. The summed E-state index contributed by atoms with van der Waals surface area (Å²) in [6.07, 6.45) is 0. The zero-order valence-electron chi connectivity index (χ0n) is 12.7. The second-order valence-electron chi connectivity index (χ2n) is 5.06. The number of carbonyl (C=O) groups excluding carboxylic acids is 1. The van der Waals surface area contributed by atoms with Gasteiger partial charge in [0.25, 0.3) is 0 Å². The van der Waals surface area contributed by atoms with Crippen LogP contribution in [0.15, 0.2) is 47.4 Å². The highest BCUT2D eigenvalue weighted by Gasteiger charge is 2.22. The van der Waals surface area contributed by atoms with Gasteiger partial charge in [-0.15, -0.1) is 11.8 Å². The number of nitrogens with zero attached hydrogens (tertiary/aromatic N) is 1. The predicted octanol–water partition coefficient (Wildman–Crippen LogP) is 3.90. The topological polar surface area (TPSA) is 41.6 Å². The lowest BCUT2D eigenvalue weighted by atomic mass is 10.2. The minimum absolute atomic E-state index is 0.0276. The van der Waals surface area contributed by atoms with Crippen molar-refractivity contribution in [2.24, 2.45) is 0 Å². The maximum atomic E-state index is 12.6. The van der Waals surface area contributed by atoms with E-state index >= 15 is 0 Å². The molecular formula is C17H17ClN2O2S. The number of hydrogen-bond acceptors (Lipinski definition) is 4. The Morgan fingerprint density at radius 3 is 3.00 bits per heavy atom. The summed E-state index contributed by atoms with van der Waals surface area (Å²) >= 11 is 7.79. The van der Waals surface area contributed by atoms with E-state index < -0.39 is 0 Å². The Kier molecular flexibility index (Phi) is 4.98. The first kappa shape index (κ1) is 16.0. The van der Waals surface area contributed by atoms with E-state index in [-0.39, 0.29) is 12.5 Å². The van der Waals surface area contributed by atoms with Crippen LogP contribution >= 0.6 is 23.4 Å². The van der Waals surface area contributed by atoms with Crippen LogP contribution in [-0.4, -0.2) is 31.9 Å². The molecule has 0 saturated heterocycles. The van der Waals surface area contributed by atoms with Crippen LogP contribution in [0, 0.1) is 0 Å². The summed E-state index contributed by atoms with van der Waals surface area (Å²) < 4.78 is 5.28. The molecule has 0 radical (unpaired) electrons. The number of methoxy groups -OCH3 is 1. The molecule has 0 unspecified atom stereocenters. The van der Waals surface area contributed by atoms with Crippen molar-refractivity contribution in [3.05, 3.63) is 47.5 Å². The summed E-state index contributed by atoms with van der Waals surface area (Å²) in [5.41, 5.74) is 1.70. The van der Waals surface area contributed by atoms with Gasteiger partial charge in [0.2, 0.25) is 5.91 Å². The van der Waals surface area contributed by atoms with Crippen molar-refractivity contribution in [1.82, 2.24) is 0 Å². The molecule has 1 N–H and O–H groups in total. The summed E-state index contributed by atoms with van der Waals surface area (Å²) in [4.78, 5) is 15.6. The van der Waals surface area contributed by atoms with Gasteiger partial charge >= 0.3 is 0 Å². The third-order valence-corrected chi connectivity index (χ3v) is 4.90. The van der Waals surface area contributed by atoms with Gasteiger partial charge in [0.1, 0.15) is 5.75 Å². The molecule has 0 saturated carbocycles. The molecule has 0 fully saturated rings. The minimum atomic E-state index is 0.0276. The Labute approximate surface area is 144 Å². The Hall–Kier alpha value is -1.85. The molecule has 1 aliphatic rings. The molecule has 0 bridgehead atoms. The molecule has 4 nitrogen and oxygen atoms in total. The molecule has 6 heteroatoms. The summed E-state index contributed by atoms with van der Waals surface area (Å²) in [6.45, 7) is 0.907. The number of benzene rings is 2. The van der Waals surface area contributed by atoms with Gasteiger partial charge in [-0.2, -0.15) is 0 Å². The van der Waals surface area contributed by atoms with Gasteiger partial charge in [-0.3, -0.25) is 4.79 Å². The van der Waals surface area contributed by atoms with Crippen LogP contribution in [0.2, 0.25) is 5.02 Å². The third-order valence-electron chi connectivity index (χ3n) is 3.62. The Balaban J connectivity index is 1.73. The monoisotopic (exact) mass is 348 g/mol. The molecule has 3 rings (SSSR count). The highest BCUT2D eigenvalue weighted by molar-refractivity contribution is 7.99. The molecule has 1 amide bonds. The van der Waals surface area contributed by atoms with Crippen LogP contribution in [0.4, 0.5) is 11.4 Å². The van der Waals surface area contributed by atoms with E-state index in [2.05, 4.69) is 5.32 Å². The number of amides is 1. The van der Waals surface area contributed by atoms with Gasteiger partial charge in [0.15, 0.2) is 0 Å². The van der Waals surface area contributed by atoms with E-state index in [1.165, 1.54) is 0 Å². The van der Waals surface area contributed by atoms with Crippen molar-refractivity contribution in [1.29, 1.82) is 0 Å². The second kappa shape index (κ2) is 7.15. The first-order valence-corrected chi connectivity index (χ1v) is 8.65. The van der Waals surface area contributed by atoms with Crippen molar-refractivity contribution in [2.45, 2.75) is 4.90 Å². The van der Waals surface area contributed by atoms with Crippen molar-refractivity contribution in [3.63, 3.8) is 0 Å². The van der Waals surface area contributed by atoms with Crippen molar-refractivity contribution < 1.29 is 9.53 Å². The number of thioether (sulfide) groups is 1. The first-order valence-electron chi connectivity index (χ1n) is 7.28. The van der Waals surface area contributed by atoms with E-state index in [1.54, 1.807) is 37.1 Å². The molecular weight excluding hydrogens is 332 g/mol. The van der Waals surface area contributed by atoms with E-state index in [9.17, 15) is 4.79 Å². The van der Waals surface area contributed by atoms with Gasteiger partial charge in [-0.25, -0.2) is 0 Å². The highest BCUT2D eigenvalue weighted by Crippen LogP contribution is 2.34. The summed E-state index contributed by atoms with van der Waals surface area (Å²) in [7, 11) is 1.59. The quantitative estimate of drug-likeness (QED) is 0.909. The van der Waals surface area contributed by atoms with E-state index in [0.717, 1.165) is 22.9 Å². The van der Waals surface area contributed by atoms with Crippen molar-refractivity contribution in [2.75, 3.05) is 36.2 Å². The van der Waals surface area contributed by atoms with E-state index in [1.807, 2.05) is 29.2 Å². The van der Waals surface area contributed by atoms with Gasteiger partial charge in [-0.1, -0.05) is 23.7 Å². The van der Waals surface area contributed by atoms with Crippen LogP contribution in [0.5, 0.6) is 5.75 Å². The zero-order chi connectivity index (χ0) is 16.2. The van der Waals surface area contributed by atoms with Crippen molar-refractivity contribution in [3.8, 4) is 5.75 Å². The summed E-state index contributed by atoms with van der Waals surface area (Å²) in [5, 5.41) is 3.72. The van der Waals surface area contributed by atoms with Crippen LogP contribution in [0.25, 0.3) is 0 Å². The molecule has 1 aliphatic heterocycles. The number of anilines is 2. The lowest BCUT2D eigenvalue weighted by Crippen LogP contribution is -2.39. The molecule has 2 aromatic rings.